The fraction of sp³-hybridized carbons (Fsp3) is 0.250. The van der Waals surface area contributed by atoms with Gasteiger partial charge in [0, 0.05) is 17.3 Å². The van der Waals surface area contributed by atoms with E-state index >= 15 is 0 Å². The zero-order valence-electron chi connectivity index (χ0n) is 16.0. The maximum Gasteiger partial charge on any atom is 0.347 e. The number of fused-ring (bicyclic) bond motifs is 2. The molecule has 2 heterocycles. The third kappa shape index (κ3) is 4.54. The summed E-state index contributed by atoms with van der Waals surface area (Å²) < 4.78 is 25.9. The Kier molecular flexibility index (Phi) is 5.55. The van der Waals surface area contributed by atoms with Gasteiger partial charge in [-0.1, -0.05) is 5.16 Å². The van der Waals surface area contributed by atoms with Gasteiger partial charge < -0.3 is 33.8 Å². The molecule has 0 unspecified atom stereocenters. The van der Waals surface area contributed by atoms with Gasteiger partial charge in [0.05, 0.1) is 5.71 Å². The minimum atomic E-state index is -0.724. The van der Waals surface area contributed by atoms with E-state index in [0.29, 0.717) is 34.4 Å². The molecule has 0 fully saturated rings. The Labute approximate surface area is 171 Å². The predicted octanol–water partition coefficient (Wildman–Crippen LogP) is 2.07. The number of nitrogens with one attached hydrogen (secondary N) is 1. The molecular weight excluding hydrogens is 396 g/mol. The number of ether oxygens (including phenoxy) is 5. The summed E-state index contributed by atoms with van der Waals surface area (Å²) in [5.74, 6) is 1.20. The second-order valence-electron chi connectivity index (χ2n) is 6.30. The smallest absolute Gasteiger partial charge is 0.347 e. The van der Waals surface area contributed by atoms with Crippen LogP contribution in [0.15, 0.2) is 41.6 Å². The fourth-order valence-electron chi connectivity index (χ4n) is 2.72. The molecule has 1 N–H and O–H groups in total. The largest absolute Gasteiger partial charge is 0.454 e. The minimum Gasteiger partial charge on any atom is -0.454 e. The first kappa shape index (κ1) is 19.4. The second kappa shape index (κ2) is 8.60. The average molecular weight is 414 g/mol. The van der Waals surface area contributed by atoms with Gasteiger partial charge in [-0.05, 0) is 37.3 Å². The molecule has 2 aromatic rings. The normalized spacial score (nSPS) is 13.7. The molecule has 10 heteroatoms. The molecule has 0 bridgehead atoms. The molecular formula is C20H18N2O8. The van der Waals surface area contributed by atoms with Crippen LogP contribution in [0.5, 0.6) is 23.0 Å². The lowest BCUT2D eigenvalue weighted by molar-refractivity contribution is -0.151. The van der Waals surface area contributed by atoms with E-state index in [1.165, 1.54) is 0 Å². The van der Waals surface area contributed by atoms with Crippen molar-refractivity contribution in [3.05, 3.63) is 42.0 Å². The summed E-state index contributed by atoms with van der Waals surface area (Å²) in [5, 5.41) is 6.48. The van der Waals surface area contributed by atoms with Crippen LogP contribution < -0.4 is 24.3 Å². The molecule has 30 heavy (non-hydrogen) atoms. The lowest BCUT2D eigenvalue weighted by Gasteiger charge is -2.07. The van der Waals surface area contributed by atoms with Gasteiger partial charge in [0.15, 0.2) is 29.6 Å². The van der Waals surface area contributed by atoms with Crippen LogP contribution in [0.25, 0.3) is 0 Å². The highest BCUT2D eigenvalue weighted by Crippen LogP contribution is 2.34. The van der Waals surface area contributed by atoms with Gasteiger partial charge in [-0.2, -0.15) is 0 Å². The van der Waals surface area contributed by atoms with Crippen molar-refractivity contribution in [3.8, 4) is 23.0 Å². The van der Waals surface area contributed by atoms with E-state index in [0.717, 1.165) is 5.56 Å². The van der Waals surface area contributed by atoms with Crippen molar-refractivity contribution in [1.82, 2.24) is 0 Å². The lowest BCUT2D eigenvalue weighted by Crippen LogP contribution is -2.22. The number of oxime groups is 1. The summed E-state index contributed by atoms with van der Waals surface area (Å²) in [6, 6.07) is 10.3. The van der Waals surface area contributed by atoms with Gasteiger partial charge in [0.1, 0.15) is 0 Å². The Hall–Kier alpha value is -3.95. The van der Waals surface area contributed by atoms with Crippen LogP contribution in [0, 0.1) is 0 Å². The molecule has 2 aliphatic rings. The molecule has 0 saturated carbocycles. The number of carbonyl (C=O) groups excluding carboxylic acids is 2. The number of benzene rings is 2. The molecule has 2 aromatic carbocycles. The average Bonchev–Trinajstić information content (AvgIpc) is 3.40. The van der Waals surface area contributed by atoms with Crippen molar-refractivity contribution < 1.29 is 38.1 Å². The minimum absolute atomic E-state index is 0.140. The van der Waals surface area contributed by atoms with Crippen LogP contribution in [-0.4, -0.2) is 44.4 Å². The van der Waals surface area contributed by atoms with E-state index in [-0.39, 0.29) is 13.6 Å². The standard InChI is InChI=1S/C20H18N2O8/c1-12(13-2-4-15-17(6-13)28-10-26-15)22-30-9-20(24)25-8-19(23)21-14-3-5-16-18(7-14)29-11-27-16/h2-7H,8-11H2,1H3,(H,21,23)/b22-12-. The van der Waals surface area contributed by atoms with Crippen LogP contribution in [-0.2, 0) is 19.2 Å². The second-order valence-corrected chi connectivity index (χ2v) is 6.30. The first-order chi connectivity index (χ1) is 14.6. The molecule has 0 aliphatic carbocycles. The van der Waals surface area contributed by atoms with E-state index < -0.39 is 25.1 Å². The van der Waals surface area contributed by atoms with Crippen molar-refractivity contribution in [1.29, 1.82) is 0 Å². The summed E-state index contributed by atoms with van der Waals surface area (Å²) in [6.45, 7) is 1.16. The van der Waals surface area contributed by atoms with Crippen molar-refractivity contribution >= 4 is 23.3 Å². The number of hydrogen-bond acceptors (Lipinski definition) is 9. The third-order valence-electron chi connectivity index (χ3n) is 4.19. The number of carbonyl (C=O) groups is 2. The van der Waals surface area contributed by atoms with Gasteiger partial charge in [0.2, 0.25) is 20.2 Å². The number of nitrogens with zero attached hydrogens (tertiary/aromatic N) is 1. The van der Waals surface area contributed by atoms with Gasteiger partial charge in [-0.25, -0.2) is 4.79 Å². The van der Waals surface area contributed by atoms with Gasteiger partial charge in [-0.3, -0.25) is 4.79 Å². The van der Waals surface area contributed by atoms with Crippen LogP contribution in [0.2, 0.25) is 0 Å². The first-order valence-corrected chi connectivity index (χ1v) is 9.00. The third-order valence-corrected chi connectivity index (χ3v) is 4.19. The zero-order chi connectivity index (χ0) is 20.9. The van der Waals surface area contributed by atoms with Crippen molar-refractivity contribution in [3.63, 3.8) is 0 Å². The van der Waals surface area contributed by atoms with Crippen molar-refractivity contribution in [2.45, 2.75) is 6.92 Å². The molecule has 10 nitrogen and oxygen atoms in total. The number of anilines is 1. The highest BCUT2D eigenvalue weighted by Gasteiger charge is 2.16. The summed E-state index contributed by atoms with van der Waals surface area (Å²) in [7, 11) is 0. The quantitative estimate of drug-likeness (QED) is 0.416. The van der Waals surface area contributed by atoms with Crippen LogP contribution in [0.1, 0.15) is 12.5 Å². The summed E-state index contributed by atoms with van der Waals surface area (Å²) in [5.41, 5.74) is 1.80. The predicted molar refractivity (Wildman–Crippen MR) is 103 cm³/mol. The van der Waals surface area contributed by atoms with E-state index in [2.05, 4.69) is 10.5 Å². The summed E-state index contributed by atoms with van der Waals surface area (Å²) in [6.07, 6.45) is 0. The Morgan fingerprint density at radius 1 is 0.933 bits per heavy atom. The molecule has 0 atom stereocenters. The molecule has 0 spiro atoms. The highest BCUT2D eigenvalue weighted by atomic mass is 16.7. The van der Waals surface area contributed by atoms with Gasteiger partial charge in [0.25, 0.3) is 5.91 Å². The molecule has 4 rings (SSSR count). The van der Waals surface area contributed by atoms with Crippen LogP contribution in [0.4, 0.5) is 5.69 Å². The highest BCUT2D eigenvalue weighted by molar-refractivity contribution is 5.99. The number of hydrogen-bond donors (Lipinski definition) is 1. The van der Waals surface area contributed by atoms with Crippen LogP contribution >= 0.6 is 0 Å². The Morgan fingerprint density at radius 2 is 1.60 bits per heavy atom. The van der Waals surface area contributed by atoms with E-state index in [1.807, 2.05) is 0 Å². The number of rotatable bonds is 7. The molecule has 0 aromatic heterocycles. The van der Waals surface area contributed by atoms with E-state index in [9.17, 15) is 9.59 Å². The number of amides is 1. The van der Waals surface area contributed by atoms with E-state index in [1.54, 1.807) is 43.3 Å². The maximum atomic E-state index is 11.9. The lowest BCUT2D eigenvalue weighted by atomic mass is 10.1. The van der Waals surface area contributed by atoms with Crippen LogP contribution in [0.3, 0.4) is 0 Å². The molecule has 0 saturated heterocycles. The zero-order valence-corrected chi connectivity index (χ0v) is 16.0. The molecule has 0 radical (unpaired) electrons. The SMILES string of the molecule is C/C(=N/OCC(=O)OCC(=O)Nc1ccc2c(c1)OCO2)c1ccc2c(c1)OCO2. The van der Waals surface area contributed by atoms with E-state index in [4.69, 9.17) is 28.5 Å². The van der Waals surface area contributed by atoms with Crippen molar-refractivity contribution in [2.24, 2.45) is 5.16 Å². The summed E-state index contributed by atoms with van der Waals surface area (Å²) >= 11 is 0. The Balaban J connectivity index is 1.20. The topological polar surface area (TPSA) is 114 Å². The summed E-state index contributed by atoms with van der Waals surface area (Å²) in [4.78, 5) is 28.7. The molecule has 1 amide bonds. The van der Waals surface area contributed by atoms with Gasteiger partial charge in [-0.15, -0.1) is 0 Å². The first-order valence-electron chi connectivity index (χ1n) is 9.00. The fourth-order valence-corrected chi connectivity index (χ4v) is 2.72. The maximum absolute atomic E-state index is 11.9. The Bertz CT molecular complexity index is 1000. The number of esters is 1. The molecule has 2 aliphatic heterocycles. The van der Waals surface area contributed by atoms with Crippen molar-refractivity contribution in [2.75, 3.05) is 32.1 Å². The monoisotopic (exact) mass is 414 g/mol. The Morgan fingerprint density at radius 3 is 2.37 bits per heavy atom. The van der Waals surface area contributed by atoms with Gasteiger partial charge >= 0.3 is 5.97 Å². The molecule has 156 valence electrons.